The number of nitrogens with zero attached hydrogens (tertiary/aromatic N) is 1. The monoisotopic (exact) mass is 265 g/mol. The molecule has 17 heavy (non-hydrogen) atoms. The Labute approximate surface area is 99.8 Å². The molecule has 0 atom stereocenters. The first kappa shape index (κ1) is 13.7. The van der Waals surface area contributed by atoms with Crippen molar-refractivity contribution in [1.29, 1.82) is 0 Å². The van der Waals surface area contributed by atoms with E-state index in [-0.39, 0.29) is 18.7 Å². The molecule has 7 heteroatoms. The number of carbonyl (C=O) groups is 2. The van der Waals surface area contributed by atoms with Gasteiger partial charge in [-0.25, -0.2) is 0 Å². The third-order valence-corrected chi connectivity index (χ3v) is 2.97. The predicted molar refractivity (Wildman–Crippen MR) is 57.0 cm³/mol. The summed E-state index contributed by atoms with van der Waals surface area (Å²) in [4.78, 5) is 23.2. The number of rotatable bonds is 4. The van der Waals surface area contributed by atoms with Crippen LogP contribution in [0.25, 0.3) is 0 Å². The van der Waals surface area contributed by atoms with Crippen LogP contribution in [0.1, 0.15) is 16.1 Å². The van der Waals surface area contributed by atoms with Gasteiger partial charge in [-0.3, -0.25) is 9.59 Å². The summed E-state index contributed by atoms with van der Waals surface area (Å²) in [5.74, 6) is -2.20. The van der Waals surface area contributed by atoms with Gasteiger partial charge in [-0.15, -0.1) is 11.3 Å². The summed E-state index contributed by atoms with van der Waals surface area (Å²) < 4.78 is 36.1. The molecule has 0 aromatic carbocycles. The Kier molecular flexibility index (Phi) is 4.28. The summed E-state index contributed by atoms with van der Waals surface area (Å²) in [7, 11) is 1.03. The van der Waals surface area contributed by atoms with E-state index >= 15 is 0 Å². The number of hydrogen-bond acceptors (Lipinski definition) is 3. The van der Waals surface area contributed by atoms with E-state index in [2.05, 4.69) is 0 Å². The third-order valence-electron chi connectivity index (χ3n) is 2.06. The Morgan fingerprint density at radius 2 is 2.06 bits per heavy atom. The predicted octanol–water partition coefficient (Wildman–Crippen LogP) is 2.34. The van der Waals surface area contributed by atoms with Crippen LogP contribution in [0.2, 0.25) is 0 Å². The minimum atomic E-state index is -4.89. The first-order chi connectivity index (χ1) is 7.82. The Hall–Kier alpha value is -1.37. The Bertz CT molecular complexity index is 400. The van der Waals surface area contributed by atoms with Gasteiger partial charge in [0.15, 0.2) is 5.78 Å². The van der Waals surface area contributed by atoms with Gasteiger partial charge in [0.1, 0.15) is 0 Å². The molecule has 0 saturated carbocycles. The number of amides is 1. The zero-order valence-corrected chi connectivity index (χ0v) is 9.77. The van der Waals surface area contributed by atoms with Crippen LogP contribution in [-0.4, -0.2) is 36.4 Å². The van der Waals surface area contributed by atoms with Crippen molar-refractivity contribution < 1.29 is 22.8 Å². The van der Waals surface area contributed by atoms with Crippen LogP contribution >= 0.6 is 11.3 Å². The quantitative estimate of drug-likeness (QED) is 0.784. The largest absolute Gasteiger partial charge is 0.471 e. The van der Waals surface area contributed by atoms with Crippen molar-refractivity contribution in [2.75, 3.05) is 13.6 Å². The molecular formula is C10H10F3NO2S. The average Bonchev–Trinajstić information content (AvgIpc) is 2.76. The van der Waals surface area contributed by atoms with Crippen molar-refractivity contribution in [2.45, 2.75) is 12.6 Å². The zero-order valence-electron chi connectivity index (χ0n) is 8.95. The molecule has 0 fully saturated rings. The summed E-state index contributed by atoms with van der Waals surface area (Å²) in [6.07, 6.45) is -5.00. The van der Waals surface area contributed by atoms with Gasteiger partial charge in [-0.2, -0.15) is 13.2 Å². The fourth-order valence-corrected chi connectivity index (χ4v) is 1.84. The highest BCUT2D eigenvalue weighted by atomic mass is 32.1. The van der Waals surface area contributed by atoms with Crippen LogP contribution in [0, 0.1) is 0 Å². The summed E-state index contributed by atoms with van der Waals surface area (Å²) in [5, 5.41) is 1.71. The molecule has 94 valence electrons. The first-order valence-corrected chi connectivity index (χ1v) is 5.59. The van der Waals surface area contributed by atoms with Crippen molar-refractivity contribution in [3.63, 3.8) is 0 Å². The summed E-state index contributed by atoms with van der Waals surface area (Å²) >= 11 is 1.22. The van der Waals surface area contributed by atoms with E-state index in [0.717, 1.165) is 7.05 Å². The van der Waals surface area contributed by atoms with Crippen molar-refractivity contribution in [3.05, 3.63) is 22.4 Å². The van der Waals surface area contributed by atoms with Gasteiger partial charge >= 0.3 is 12.1 Å². The van der Waals surface area contributed by atoms with E-state index < -0.39 is 12.1 Å². The number of Topliss-reactive ketones (excluding diaryl/α,β-unsaturated/α-hetero) is 1. The number of halogens is 3. The molecule has 0 aliphatic carbocycles. The fraction of sp³-hybridized carbons (Fsp3) is 0.400. The van der Waals surface area contributed by atoms with Gasteiger partial charge in [-0.1, -0.05) is 6.07 Å². The van der Waals surface area contributed by atoms with Gasteiger partial charge in [0.2, 0.25) is 0 Å². The van der Waals surface area contributed by atoms with Crippen LogP contribution in [0.4, 0.5) is 13.2 Å². The molecule has 1 rings (SSSR count). The SMILES string of the molecule is CN(CCC(=O)c1cccs1)C(=O)C(F)(F)F. The molecule has 0 aliphatic heterocycles. The summed E-state index contributed by atoms with van der Waals surface area (Å²) in [6.45, 7) is -0.241. The summed E-state index contributed by atoms with van der Waals surface area (Å²) in [5.41, 5.74) is 0. The van der Waals surface area contributed by atoms with E-state index in [1.54, 1.807) is 17.5 Å². The first-order valence-electron chi connectivity index (χ1n) is 4.71. The molecule has 3 nitrogen and oxygen atoms in total. The van der Waals surface area contributed by atoms with Gasteiger partial charge in [0, 0.05) is 20.0 Å². The molecule has 1 heterocycles. The third kappa shape index (κ3) is 3.85. The molecule has 0 aliphatic rings. The maximum absolute atomic E-state index is 12.0. The standard InChI is InChI=1S/C10H10F3NO2S/c1-14(9(16)10(11,12)13)5-4-7(15)8-3-2-6-17-8/h2-3,6H,4-5H2,1H3. The summed E-state index contributed by atoms with van der Waals surface area (Å²) in [6, 6.07) is 3.28. The van der Waals surface area contributed by atoms with E-state index in [4.69, 9.17) is 0 Å². The van der Waals surface area contributed by atoms with Crippen molar-refractivity contribution in [2.24, 2.45) is 0 Å². The van der Waals surface area contributed by atoms with E-state index in [1.165, 1.54) is 11.3 Å². The number of thiophene rings is 1. The molecule has 0 spiro atoms. The number of hydrogen-bond donors (Lipinski definition) is 0. The lowest BCUT2D eigenvalue weighted by molar-refractivity contribution is -0.183. The van der Waals surface area contributed by atoms with Gasteiger partial charge < -0.3 is 4.90 Å². The highest BCUT2D eigenvalue weighted by molar-refractivity contribution is 7.12. The van der Waals surface area contributed by atoms with Gasteiger partial charge in [-0.05, 0) is 11.4 Å². The smallest absolute Gasteiger partial charge is 0.337 e. The maximum atomic E-state index is 12.0. The topological polar surface area (TPSA) is 37.4 Å². The van der Waals surface area contributed by atoms with Crippen LogP contribution in [0.3, 0.4) is 0 Å². The second-order valence-corrected chi connectivity index (χ2v) is 4.32. The fourth-order valence-electron chi connectivity index (χ4n) is 1.15. The van der Waals surface area contributed by atoms with E-state index in [9.17, 15) is 22.8 Å². The Balaban J connectivity index is 2.47. The minimum Gasteiger partial charge on any atom is -0.337 e. The van der Waals surface area contributed by atoms with Crippen LogP contribution in [-0.2, 0) is 4.79 Å². The average molecular weight is 265 g/mol. The van der Waals surface area contributed by atoms with Crippen molar-refractivity contribution >= 4 is 23.0 Å². The van der Waals surface area contributed by atoms with Gasteiger partial charge in [0.05, 0.1) is 4.88 Å². The van der Waals surface area contributed by atoms with Crippen molar-refractivity contribution in [3.8, 4) is 0 Å². The molecule has 1 aromatic rings. The minimum absolute atomic E-state index is 0.112. The molecular weight excluding hydrogens is 255 g/mol. The Morgan fingerprint density at radius 3 is 2.53 bits per heavy atom. The van der Waals surface area contributed by atoms with Crippen LogP contribution in [0.5, 0.6) is 0 Å². The van der Waals surface area contributed by atoms with Crippen LogP contribution in [0.15, 0.2) is 17.5 Å². The normalized spacial score (nSPS) is 11.3. The van der Waals surface area contributed by atoms with Crippen molar-refractivity contribution in [1.82, 2.24) is 4.90 Å². The number of carbonyl (C=O) groups excluding carboxylic acids is 2. The lowest BCUT2D eigenvalue weighted by Crippen LogP contribution is -2.39. The lowest BCUT2D eigenvalue weighted by Gasteiger charge is -2.17. The number of ketones is 1. The highest BCUT2D eigenvalue weighted by Crippen LogP contribution is 2.18. The zero-order chi connectivity index (χ0) is 13.1. The lowest BCUT2D eigenvalue weighted by atomic mass is 10.2. The number of alkyl halides is 3. The molecule has 0 radical (unpaired) electrons. The molecule has 0 N–H and O–H groups in total. The second kappa shape index (κ2) is 5.31. The molecule has 0 unspecified atom stereocenters. The second-order valence-electron chi connectivity index (χ2n) is 3.37. The molecule has 1 amide bonds. The molecule has 0 saturated heterocycles. The highest BCUT2D eigenvalue weighted by Gasteiger charge is 2.41. The Morgan fingerprint density at radius 1 is 1.41 bits per heavy atom. The maximum Gasteiger partial charge on any atom is 0.471 e. The van der Waals surface area contributed by atoms with Gasteiger partial charge in [0.25, 0.3) is 0 Å². The van der Waals surface area contributed by atoms with Crippen LogP contribution < -0.4 is 0 Å². The van der Waals surface area contributed by atoms with E-state index in [0.29, 0.717) is 9.78 Å². The molecule has 1 aromatic heterocycles. The molecule has 0 bridgehead atoms. The van der Waals surface area contributed by atoms with E-state index in [1.807, 2.05) is 0 Å².